The van der Waals surface area contributed by atoms with Gasteiger partial charge in [0.2, 0.25) is 5.95 Å². The molecule has 4 aromatic rings. The van der Waals surface area contributed by atoms with Crippen molar-refractivity contribution in [3.05, 3.63) is 59.4 Å². The average Bonchev–Trinajstić information content (AvgIpc) is 3.29. The Morgan fingerprint density at radius 3 is 2.77 bits per heavy atom. The Morgan fingerprint density at radius 2 is 1.97 bits per heavy atom. The van der Waals surface area contributed by atoms with E-state index < -0.39 is 0 Å². The smallest absolute Gasteiger partial charge is 0.255 e. The molecular formula is C22H21N7OS. The number of nitrogens with one attached hydrogen (secondary N) is 2. The van der Waals surface area contributed by atoms with Crippen molar-refractivity contribution < 1.29 is 4.79 Å². The third-order valence-corrected chi connectivity index (χ3v) is 6.04. The summed E-state index contributed by atoms with van der Waals surface area (Å²) in [6.45, 7) is 5.05. The number of thiazole rings is 1. The second-order valence-electron chi connectivity index (χ2n) is 7.36. The molecule has 0 saturated carbocycles. The van der Waals surface area contributed by atoms with Crippen LogP contribution in [-0.4, -0.2) is 56.9 Å². The summed E-state index contributed by atoms with van der Waals surface area (Å²) in [6.07, 6.45) is 3.39. The molecular weight excluding hydrogens is 410 g/mol. The van der Waals surface area contributed by atoms with Crippen molar-refractivity contribution in [2.24, 2.45) is 0 Å². The molecule has 1 amide bonds. The Labute approximate surface area is 183 Å². The zero-order valence-electron chi connectivity index (χ0n) is 17.0. The van der Waals surface area contributed by atoms with E-state index in [0.29, 0.717) is 30.4 Å². The first-order valence-electron chi connectivity index (χ1n) is 10.1. The molecule has 0 atom stereocenters. The molecule has 0 unspecified atom stereocenters. The van der Waals surface area contributed by atoms with Gasteiger partial charge in [0.1, 0.15) is 5.82 Å². The van der Waals surface area contributed by atoms with E-state index in [1.54, 1.807) is 35.9 Å². The molecule has 0 bridgehead atoms. The molecule has 1 aliphatic rings. The molecule has 0 radical (unpaired) electrons. The fourth-order valence-electron chi connectivity index (χ4n) is 3.56. The molecule has 3 aromatic heterocycles. The molecule has 31 heavy (non-hydrogen) atoms. The number of pyridine rings is 1. The third-order valence-electron chi connectivity index (χ3n) is 5.23. The van der Waals surface area contributed by atoms with Gasteiger partial charge in [-0.05, 0) is 36.8 Å². The Morgan fingerprint density at radius 1 is 1.10 bits per heavy atom. The summed E-state index contributed by atoms with van der Waals surface area (Å²) in [5, 5.41) is 6.39. The molecule has 9 heteroatoms. The molecule has 8 nitrogen and oxygen atoms in total. The van der Waals surface area contributed by atoms with Gasteiger partial charge in [0.15, 0.2) is 0 Å². The van der Waals surface area contributed by atoms with Crippen molar-refractivity contribution in [1.29, 1.82) is 0 Å². The summed E-state index contributed by atoms with van der Waals surface area (Å²) in [4.78, 5) is 32.3. The number of rotatable bonds is 4. The van der Waals surface area contributed by atoms with Crippen LogP contribution in [0.1, 0.15) is 15.9 Å². The van der Waals surface area contributed by atoms with Gasteiger partial charge in [-0.15, -0.1) is 11.3 Å². The van der Waals surface area contributed by atoms with E-state index in [2.05, 4.69) is 31.7 Å². The van der Waals surface area contributed by atoms with E-state index in [0.717, 1.165) is 40.1 Å². The van der Waals surface area contributed by atoms with Gasteiger partial charge in [-0.25, -0.2) is 19.9 Å². The Bertz CT molecular complexity index is 1230. The number of aromatic nitrogens is 4. The highest BCUT2D eigenvalue weighted by molar-refractivity contribution is 7.16. The van der Waals surface area contributed by atoms with Gasteiger partial charge < -0.3 is 15.5 Å². The minimum atomic E-state index is 0.00635. The molecule has 1 aliphatic heterocycles. The average molecular weight is 432 g/mol. The largest absolute Gasteiger partial charge is 0.336 e. The monoisotopic (exact) mass is 431 g/mol. The van der Waals surface area contributed by atoms with Crippen LogP contribution in [0.3, 0.4) is 0 Å². The molecule has 1 fully saturated rings. The second kappa shape index (κ2) is 8.37. The quantitative estimate of drug-likeness (QED) is 0.512. The predicted molar refractivity (Wildman–Crippen MR) is 122 cm³/mol. The van der Waals surface area contributed by atoms with Gasteiger partial charge in [-0.2, -0.15) is 0 Å². The second-order valence-corrected chi connectivity index (χ2v) is 8.25. The lowest BCUT2D eigenvalue weighted by Gasteiger charge is -2.27. The highest BCUT2D eigenvalue weighted by Crippen LogP contribution is 2.27. The van der Waals surface area contributed by atoms with Crippen LogP contribution in [0.5, 0.6) is 0 Å². The zero-order chi connectivity index (χ0) is 21.2. The summed E-state index contributed by atoms with van der Waals surface area (Å²) < 4.78 is 1.15. The molecule has 1 saturated heterocycles. The van der Waals surface area contributed by atoms with Gasteiger partial charge in [0, 0.05) is 44.1 Å². The minimum Gasteiger partial charge on any atom is -0.336 e. The van der Waals surface area contributed by atoms with Crippen LogP contribution in [-0.2, 0) is 0 Å². The van der Waals surface area contributed by atoms with E-state index in [-0.39, 0.29) is 5.91 Å². The normalized spacial score (nSPS) is 14.0. The topological polar surface area (TPSA) is 95.9 Å². The number of hydrogen-bond donors (Lipinski definition) is 2. The number of carbonyl (C=O) groups is 1. The number of amides is 1. The molecule has 2 N–H and O–H groups in total. The molecule has 5 rings (SSSR count). The van der Waals surface area contributed by atoms with E-state index in [4.69, 9.17) is 4.98 Å². The zero-order valence-corrected chi connectivity index (χ0v) is 17.8. The third kappa shape index (κ3) is 4.10. The van der Waals surface area contributed by atoms with E-state index in [9.17, 15) is 4.79 Å². The number of piperazine rings is 1. The van der Waals surface area contributed by atoms with Crippen LogP contribution in [0.2, 0.25) is 0 Å². The van der Waals surface area contributed by atoms with Crippen molar-refractivity contribution in [3.63, 3.8) is 0 Å². The van der Waals surface area contributed by atoms with Crippen LogP contribution in [0.25, 0.3) is 21.5 Å². The number of carbonyl (C=O) groups excluding carboxylic acids is 1. The highest BCUT2D eigenvalue weighted by Gasteiger charge is 2.18. The fourth-order valence-corrected chi connectivity index (χ4v) is 4.22. The Balaban J connectivity index is 1.35. The van der Waals surface area contributed by atoms with Crippen molar-refractivity contribution in [2.75, 3.05) is 31.5 Å². The van der Waals surface area contributed by atoms with E-state index in [1.165, 1.54) is 0 Å². The summed E-state index contributed by atoms with van der Waals surface area (Å²) in [6, 6.07) is 9.71. The van der Waals surface area contributed by atoms with Gasteiger partial charge >= 0.3 is 0 Å². The van der Waals surface area contributed by atoms with Gasteiger partial charge in [-0.3, -0.25) is 4.79 Å². The van der Waals surface area contributed by atoms with Crippen molar-refractivity contribution in [2.45, 2.75) is 6.92 Å². The Kier molecular flexibility index (Phi) is 5.27. The van der Waals surface area contributed by atoms with Crippen molar-refractivity contribution >= 4 is 39.2 Å². The highest BCUT2D eigenvalue weighted by atomic mass is 32.1. The van der Waals surface area contributed by atoms with Crippen molar-refractivity contribution in [1.82, 2.24) is 30.2 Å². The first-order valence-corrected chi connectivity index (χ1v) is 11.0. The number of nitrogens with zero attached hydrogens (tertiary/aromatic N) is 5. The predicted octanol–water partition coefficient (Wildman–Crippen LogP) is 3.25. The SMILES string of the molecule is Cc1cnc(Nc2ccc(C(=O)N3CCNCC3)cn2)nc1-c1ccc2scnc2c1. The van der Waals surface area contributed by atoms with Crippen LogP contribution in [0, 0.1) is 6.92 Å². The summed E-state index contributed by atoms with van der Waals surface area (Å²) in [7, 11) is 0. The first-order chi connectivity index (χ1) is 15.2. The number of benzene rings is 1. The molecule has 4 heterocycles. The van der Waals surface area contributed by atoms with E-state index in [1.807, 2.05) is 29.5 Å². The lowest BCUT2D eigenvalue weighted by molar-refractivity contribution is 0.0735. The molecule has 0 aliphatic carbocycles. The maximum atomic E-state index is 12.6. The number of hydrogen-bond acceptors (Lipinski definition) is 8. The lowest BCUT2D eigenvalue weighted by Crippen LogP contribution is -2.46. The molecule has 0 spiro atoms. The fraction of sp³-hybridized carbons (Fsp3) is 0.227. The number of aryl methyl sites for hydroxylation is 1. The first kappa shape index (κ1) is 19.5. The number of fused-ring (bicyclic) bond motifs is 1. The van der Waals surface area contributed by atoms with Gasteiger partial charge in [0.05, 0.1) is 27.0 Å². The standard InChI is InChI=1S/C22H21N7OS/c1-14-11-25-22(28-20(14)15-2-4-18-17(10-15)26-13-31-18)27-19-5-3-16(12-24-19)21(30)29-8-6-23-7-9-29/h2-5,10-13,23H,6-9H2,1H3,(H,24,25,27,28). The maximum Gasteiger partial charge on any atom is 0.255 e. The van der Waals surface area contributed by atoms with Crippen LogP contribution in [0.4, 0.5) is 11.8 Å². The summed E-state index contributed by atoms with van der Waals surface area (Å²) in [5.74, 6) is 1.04. The lowest BCUT2D eigenvalue weighted by atomic mass is 10.1. The van der Waals surface area contributed by atoms with E-state index >= 15 is 0 Å². The van der Waals surface area contributed by atoms with Crippen LogP contribution < -0.4 is 10.6 Å². The van der Waals surface area contributed by atoms with Gasteiger partial charge in [0.25, 0.3) is 5.91 Å². The minimum absolute atomic E-state index is 0.00635. The summed E-state index contributed by atoms with van der Waals surface area (Å²) >= 11 is 1.62. The Hall–Kier alpha value is -3.43. The summed E-state index contributed by atoms with van der Waals surface area (Å²) in [5.41, 5.74) is 6.20. The van der Waals surface area contributed by atoms with Gasteiger partial charge in [-0.1, -0.05) is 6.07 Å². The van der Waals surface area contributed by atoms with Crippen molar-refractivity contribution in [3.8, 4) is 11.3 Å². The number of anilines is 2. The molecule has 156 valence electrons. The van der Waals surface area contributed by atoms with Crippen LogP contribution in [0.15, 0.2) is 48.2 Å². The van der Waals surface area contributed by atoms with Crippen LogP contribution >= 0.6 is 11.3 Å². The maximum absolute atomic E-state index is 12.6. The molecule has 1 aromatic carbocycles.